The second-order valence-electron chi connectivity index (χ2n) is 5.92. The summed E-state index contributed by atoms with van der Waals surface area (Å²) < 4.78 is 6.95. The second-order valence-corrected chi connectivity index (χ2v) is 8.07. The van der Waals surface area contributed by atoms with Crippen LogP contribution in [-0.2, 0) is 4.79 Å². The molecule has 1 unspecified atom stereocenters. The molecule has 1 N–H and O–H groups in total. The van der Waals surface area contributed by atoms with Gasteiger partial charge in [0.25, 0.3) is 0 Å². The summed E-state index contributed by atoms with van der Waals surface area (Å²) in [4.78, 5) is 12.6. The molecule has 3 rings (SSSR count). The summed E-state index contributed by atoms with van der Waals surface area (Å²) in [6, 6.07) is 10.6. The van der Waals surface area contributed by atoms with Crippen molar-refractivity contribution < 1.29 is 9.53 Å². The van der Waals surface area contributed by atoms with Crippen LogP contribution in [0.1, 0.15) is 12.5 Å². The molecule has 1 amide bonds. The van der Waals surface area contributed by atoms with Gasteiger partial charge in [-0.1, -0.05) is 41.0 Å². The van der Waals surface area contributed by atoms with Gasteiger partial charge in [0.15, 0.2) is 0 Å². The Balaban J connectivity index is 1.80. The zero-order valence-corrected chi connectivity index (χ0v) is 17.6. The first-order valence-electron chi connectivity index (χ1n) is 8.25. The van der Waals surface area contributed by atoms with Gasteiger partial charge in [0, 0.05) is 5.02 Å². The van der Waals surface area contributed by atoms with Crippen LogP contribution in [0.4, 0.5) is 5.69 Å². The maximum atomic E-state index is 12.6. The number of carbonyl (C=O) groups is 1. The van der Waals surface area contributed by atoms with Gasteiger partial charge in [0.05, 0.1) is 23.1 Å². The van der Waals surface area contributed by atoms with Gasteiger partial charge in [0.1, 0.15) is 11.4 Å². The lowest BCUT2D eigenvalue weighted by Crippen LogP contribution is -2.23. The number of rotatable bonds is 6. The lowest BCUT2D eigenvalue weighted by Gasteiger charge is -2.14. The van der Waals surface area contributed by atoms with Crippen LogP contribution in [-0.4, -0.2) is 38.5 Å². The van der Waals surface area contributed by atoms with Gasteiger partial charge in [-0.15, -0.1) is 5.10 Å². The molecule has 3 aromatic rings. The highest BCUT2D eigenvalue weighted by atomic mass is 35.5. The van der Waals surface area contributed by atoms with E-state index in [0.717, 1.165) is 5.56 Å². The van der Waals surface area contributed by atoms with Crippen molar-refractivity contribution in [1.82, 2.24) is 20.2 Å². The van der Waals surface area contributed by atoms with Crippen LogP contribution in [0.15, 0.2) is 41.6 Å². The van der Waals surface area contributed by atoms with Gasteiger partial charge in [-0.3, -0.25) is 4.79 Å². The number of halogens is 2. The lowest BCUT2D eigenvalue weighted by molar-refractivity contribution is -0.115. The van der Waals surface area contributed by atoms with E-state index in [2.05, 4.69) is 20.8 Å². The third kappa shape index (κ3) is 4.57. The Hall–Kier alpha value is -2.29. The third-order valence-electron chi connectivity index (χ3n) is 3.84. The fourth-order valence-electron chi connectivity index (χ4n) is 2.41. The van der Waals surface area contributed by atoms with E-state index in [1.807, 2.05) is 25.1 Å². The number of methoxy groups -OCH3 is 1. The third-order valence-corrected chi connectivity index (χ3v) is 5.44. The van der Waals surface area contributed by atoms with Crippen molar-refractivity contribution in [2.45, 2.75) is 24.3 Å². The topological polar surface area (TPSA) is 81.9 Å². The van der Waals surface area contributed by atoms with Crippen molar-refractivity contribution in [2.75, 3.05) is 12.4 Å². The molecule has 0 aliphatic carbocycles. The first-order chi connectivity index (χ1) is 13.4. The van der Waals surface area contributed by atoms with Gasteiger partial charge in [0.2, 0.25) is 11.1 Å². The number of tetrazole rings is 1. The van der Waals surface area contributed by atoms with Crippen LogP contribution in [0.2, 0.25) is 10.0 Å². The van der Waals surface area contributed by atoms with E-state index < -0.39 is 5.25 Å². The Morgan fingerprint density at radius 3 is 2.79 bits per heavy atom. The van der Waals surface area contributed by atoms with Crippen LogP contribution < -0.4 is 10.1 Å². The molecule has 0 saturated heterocycles. The summed E-state index contributed by atoms with van der Waals surface area (Å²) in [6.45, 7) is 3.72. The molecule has 0 aliphatic heterocycles. The summed E-state index contributed by atoms with van der Waals surface area (Å²) in [5.41, 5.74) is 2.18. The van der Waals surface area contributed by atoms with Crippen LogP contribution in [0, 0.1) is 6.92 Å². The molecule has 0 saturated carbocycles. The highest BCUT2D eigenvalue weighted by Gasteiger charge is 2.21. The Morgan fingerprint density at radius 2 is 2.04 bits per heavy atom. The number of aryl methyl sites for hydroxylation is 1. The summed E-state index contributed by atoms with van der Waals surface area (Å²) >= 11 is 13.3. The van der Waals surface area contributed by atoms with Crippen molar-refractivity contribution in [3.63, 3.8) is 0 Å². The lowest BCUT2D eigenvalue weighted by atomic mass is 10.2. The molecule has 0 aliphatic rings. The van der Waals surface area contributed by atoms with E-state index in [-0.39, 0.29) is 5.91 Å². The van der Waals surface area contributed by atoms with E-state index in [1.54, 1.807) is 36.9 Å². The Kier molecular flexibility index (Phi) is 6.43. The number of anilines is 1. The molecule has 0 bridgehead atoms. The van der Waals surface area contributed by atoms with Gasteiger partial charge in [-0.2, -0.15) is 4.68 Å². The van der Waals surface area contributed by atoms with E-state index in [9.17, 15) is 4.79 Å². The Bertz CT molecular complexity index is 1010. The van der Waals surface area contributed by atoms with E-state index >= 15 is 0 Å². The number of thioether (sulfide) groups is 1. The average Bonchev–Trinajstić information content (AvgIpc) is 3.12. The summed E-state index contributed by atoms with van der Waals surface area (Å²) in [5.74, 6) is 0.377. The Labute approximate surface area is 176 Å². The maximum absolute atomic E-state index is 12.6. The first kappa shape index (κ1) is 20.4. The van der Waals surface area contributed by atoms with Crippen LogP contribution in [0.5, 0.6) is 5.75 Å². The van der Waals surface area contributed by atoms with Crippen LogP contribution in [0.25, 0.3) is 5.69 Å². The molecular weight excluding hydrogens is 421 g/mol. The fraction of sp³-hybridized carbons (Fsp3) is 0.222. The minimum absolute atomic E-state index is 0.250. The number of hydrogen-bond acceptors (Lipinski definition) is 6. The molecule has 28 heavy (non-hydrogen) atoms. The van der Waals surface area contributed by atoms with Crippen molar-refractivity contribution in [2.24, 2.45) is 0 Å². The molecule has 1 atom stereocenters. The summed E-state index contributed by atoms with van der Waals surface area (Å²) in [6.07, 6.45) is 0. The molecule has 0 spiro atoms. The number of amides is 1. The first-order valence-corrected chi connectivity index (χ1v) is 9.88. The summed E-state index contributed by atoms with van der Waals surface area (Å²) in [5, 5.41) is 15.5. The predicted octanol–water partition coefficient (Wildman–Crippen LogP) is 4.41. The molecular formula is C18H17Cl2N5O2S. The van der Waals surface area contributed by atoms with Gasteiger partial charge in [-0.05, 0) is 60.2 Å². The summed E-state index contributed by atoms with van der Waals surface area (Å²) in [7, 11) is 1.58. The van der Waals surface area contributed by atoms with Crippen molar-refractivity contribution in [1.29, 1.82) is 0 Å². The maximum Gasteiger partial charge on any atom is 0.237 e. The second kappa shape index (κ2) is 8.81. The number of benzene rings is 2. The van der Waals surface area contributed by atoms with Gasteiger partial charge >= 0.3 is 0 Å². The Morgan fingerprint density at radius 1 is 1.25 bits per heavy atom. The van der Waals surface area contributed by atoms with E-state index in [0.29, 0.717) is 32.3 Å². The van der Waals surface area contributed by atoms with Gasteiger partial charge in [-0.25, -0.2) is 0 Å². The fourth-order valence-corrected chi connectivity index (χ4v) is 3.55. The van der Waals surface area contributed by atoms with Crippen LogP contribution in [0.3, 0.4) is 0 Å². The number of carbonyl (C=O) groups excluding carboxylic acids is 1. The molecule has 146 valence electrons. The predicted molar refractivity (Wildman–Crippen MR) is 111 cm³/mol. The SMILES string of the molecule is COc1ccc(C)cc1-n1nnnc1SC(C)C(=O)Nc1cc(Cl)ccc1Cl. The molecule has 1 heterocycles. The molecule has 0 fully saturated rings. The number of nitrogens with one attached hydrogen (secondary N) is 1. The number of hydrogen-bond donors (Lipinski definition) is 1. The smallest absolute Gasteiger partial charge is 0.237 e. The molecule has 2 aromatic carbocycles. The number of ether oxygens (including phenoxy) is 1. The minimum Gasteiger partial charge on any atom is -0.494 e. The highest BCUT2D eigenvalue weighted by molar-refractivity contribution is 8.00. The minimum atomic E-state index is -0.490. The molecule has 7 nitrogen and oxygen atoms in total. The number of nitrogens with zero attached hydrogens (tertiary/aromatic N) is 4. The molecule has 10 heteroatoms. The molecule has 0 radical (unpaired) electrons. The van der Waals surface area contributed by atoms with Crippen LogP contribution >= 0.6 is 35.0 Å². The van der Waals surface area contributed by atoms with Crippen molar-refractivity contribution in [3.05, 3.63) is 52.0 Å². The average molecular weight is 438 g/mol. The normalized spacial score (nSPS) is 11.9. The number of aromatic nitrogens is 4. The van der Waals surface area contributed by atoms with E-state index in [1.165, 1.54) is 11.8 Å². The largest absolute Gasteiger partial charge is 0.494 e. The van der Waals surface area contributed by atoms with Crippen molar-refractivity contribution in [3.8, 4) is 11.4 Å². The standard InChI is InChI=1S/C18H17Cl2N5O2S/c1-10-4-7-16(27-3)15(8-10)25-18(22-23-24-25)28-11(2)17(26)21-14-9-12(19)5-6-13(14)20/h4-9,11H,1-3H3,(H,21,26). The van der Waals surface area contributed by atoms with E-state index in [4.69, 9.17) is 27.9 Å². The molecule has 1 aromatic heterocycles. The monoisotopic (exact) mass is 437 g/mol. The zero-order chi connectivity index (χ0) is 20.3. The van der Waals surface area contributed by atoms with Crippen molar-refractivity contribution >= 4 is 46.6 Å². The quantitative estimate of drug-likeness (QED) is 0.575. The highest BCUT2D eigenvalue weighted by Crippen LogP contribution is 2.30. The van der Waals surface area contributed by atoms with Gasteiger partial charge < -0.3 is 10.1 Å². The zero-order valence-electron chi connectivity index (χ0n) is 15.3.